The maximum absolute atomic E-state index is 16.1. The quantitative estimate of drug-likeness (QED) is 0.0409. The van der Waals surface area contributed by atoms with Gasteiger partial charge in [-0.3, -0.25) is 15.0 Å². The minimum absolute atomic E-state index is 0.0185. The lowest BCUT2D eigenvalue weighted by atomic mass is 9.63. The molecule has 0 aliphatic carbocycles. The van der Waals surface area contributed by atoms with E-state index in [4.69, 9.17) is 29.5 Å². The van der Waals surface area contributed by atoms with Gasteiger partial charge in [-0.15, -0.1) is 0 Å². The molecule has 18 heteroatoms. The molecule has 15 nitrogen and oxygen atoms in total. The second-order valence-electron chi connectivity index (χ2n) is 19.0. The fraction of sp³-hybridized carbons (Fsp3) is 0.0656. The van der Waals surface area contributed by atoms with E-state index < -0.39 is 61.9 Å². The highest BCUT2D eigenvalue weighted by Crippen LogP contribution is 2.46. The number of halogens is 1. The molecule has 0 fully saturated rings. The van der Waals surface area contributed by atoms with Crippen molar-refractivity contribution in [1.82, 2.24) is 24.9 Å². The zero-order valence-electron chi connectivity index (χ0n) is 41.1. The Balaban J connectivity index is 1.06. The summed E-state index contributed by atoms with van der Waals surface area (Å²) in [6.07, 6.45) is 6.32. The van der Waals surface area contributed by atoms with Crippen LogP contribution in [0, 0.1) is 5.82 Å². The molecule has 2 atom stereocenters. The Labute approximate surface area is 448 Å². The summed E-state index contributed by atoms with van der Waals surface area (Å²) in [6, 6.07) is 44.2. The fourth-order valence-electron chi connectivity index (χ4n) is 9.85. The molecule has 12 aromatic rings. The van der Waals surface area contributed by atoms with Gasteiger partial charge in [0.1, 0.15) is 32.5 Å². The van der Waals surface area contributed by atoms with Crippen molar-refractivity contribution in [3.8, 4) is 55.8 Å². The largest absolute Gasteiger partial charge is 0.403 e. The third kappa shape index (κ3) is 8.56. The van der Waals surface area contributed by atoms with Crippen LogP contribution in [-0.2, 0) is 22.6 Å². The Hall–Kier alpha value is -9.39. The number of nitrogens with zero attached hydrogens (tertiary/aromatic N) is 5. The average molecular weight is 1040 g/mol. The summed E-state index contributed by atoms with van der Waals surface area (Å²) in [7, 11) is 13.3. The van der Waals surface area contributed by atoms with Crippen LogP contribution in [0.3, 0.4) is 0 Å². The van der Waals surface area contributed by atoms with Gasteiger partial charge in [-0.1, -0.05) is 97.1 Å². The van der Waals surface area contributed by atoms with Crippen molar-refractivity contribution in [2.24, 2.45) is 0 Å². The Morgan fingerprint density at radius 3 is 1.41 bits per heavy atom. The molecule has 0 saturated carbocycles. The molecule has 380 valence electrons. The smallest absolute Gasteiger partial charge is 0.347 e. The van der Waals surface area contributed by atoms with E-state index in [0.717, 1.165) is 71.0 Å². The van der Waals surface area contributed by atoms with E-state index >= 15 is 4.39 Å². The molecule has 2 unspecified atom stereocenters. The number of fused-ring (bicyclic) bond motifs is 6. The number of benzene rings is 5. The maximum atomic E-state index is 16.1. The fourth-order valence-corrected chi connectivity index (χ4v) is 9.85. The lowest BCUT2D eigenvalue weighted by Gasteiger charge is -2.41. The number of aromatic nitrogens is 5. The SMILES string of the molecule is [B]C(O)(c1cc(-c2cc(F)ccc2-c2cnc(-c3ccccc3)cc2-c2ccc(-c3ccccc3)cc2)cc(C([B])(O)C(O)(O)c2cnc3c(c2)c(=O)oc2ncccc23)c1)C(O)(O)c1cnc2c(c1)c(=O)oc1ncccc12. The van der Waals surface area contributed by atoms with E-state index in [1.807, 2.05) is 91.0 Å². The van der Waals surface area contributed by atoms with E-state index in [9.17, 15) is 40.2 Å². The van der Waals surface area contributed by atoms with Crippen LogP contribution in [0.25, 0.3) is 99.8 Å². The highest BCUT2D eigenvalue weighted by Gasteiger charge is 2.51. The minimum Gasteiger partial charge on any atom is -0.403 e. The molecule has 6 N–H and O–H groups in total. The molecule has 0 bridgehead atoms. The third-order valence-corrected chi connectivity index (χ3v) is 14.2. The van der Waals surface area contributed by atoms with Gasteiger partial charge >= 0.3 is 11.3 Å². The van der Waals surface area contributed by atoms with Crippen LogP contribution < -0.4 is 11.3 Å². The van der Waals surface area contributed by atoms with Gasteiger partial charge in [0.2, 0.25) is 23.0 Å². The molecule has 0 saturated heterocycles. The summed E-state index contributed by atoms with van der Waals surface area (Å²) >= 11 is 0. The van der Waals surface area contributed by atoms with E-state index in [2.05, 4.69) is 19.9 Å². The van der Waals surface area contributed by atoms with Crippen LogP contribution in [0.5, 0.6) is 0 Å². The van der Waals surface area contributed by atoms with Crippen molar-refractivity contribution in [1.29, 1.82) is 0 Å². The molecule has 4 radical (unpaired) electrons. The van der Waals surface area contributed by atoms with Crippen molar-refractivity contribution in [2.75, 3.05) is 0 Å². The summed E-state index contributed by atoms with van der Waals surface area (Å²) in [5.74, 6) is -7.97. The van der Waals surface area contributed by atoms with Crippen molar-refractivity contribution in [2.45, 2.75) is 22.6 Å². The highest BCUT2D eigenvalue weighted by molar-refractivity contribution is 6.17. The van der Waals surface area contributed by atoms with Gasteiger partial charge in [-0.25, -0.2) is 23.9 Å². The molecule has 79 heavy (non-hydrogen) atoms. The predicted molar refractivity (Wildman–Crippen MR) is 294 cm³/mol. The van der Waals surface area contributed by atoms with Crippen molar-refractivity contribution < 1.29 is 43.9 Å². The van der Waals surface area contributed by atoms with Gasteiger partial charge in [0, 0.05) is 53.2 Å². The lowest BCUT2D eigenvalue weighted by molar-refractivity contribution is -0.260. The van der Waals surface area contributed by atoms with Gasteiger partial charge in [-0.2, -0.15) is 0 Å². The summed E-state index contributed by atoms with van der Waals surface area (Å²) in [6.45, 7) is 0. The molecule has 12 rings (SSSR count). The van der Waals surface area contributed by atoms with Crippen LogP contribution >= 0.6 is 0 Å². The van der Waals surface area contributed by atoms with Crippen molar-refractivity contribution in [3.05, 3.63) is 244 Å². The standard InChI is InChI=1S/C61H38B2FN5O10/c62-58(72,60(74,75)40-26-48-52(68-30-40)44-13-7-21-65-54(44)78-56(48)70)38-23-37(24-39(25-38)59(63,73)61(76,77)41-27-49-53(69-31-41)45-14-8-22-66-55(45)79-57(49)71)46-28-42(64)19-20-43(46)50-32-67-51(36-11-5-2-6-12-36)29-47(50)35-17-15-34(16-18-35)33-9-3-1-4-10-33/h1-32,72-77H. The van der Waals surface area contributed by atoms with E-state index in [-0.39, 0.29) is 44.4 Å². The molecule has 5 aromatic carbocycles. The summed E-state index contributed by atoms with van der Waals surface area (Å²) < 4.78 is 26.8. The number of hydrogen-bond donors (Lipinski definition) is 6. The monoisotopic (exact) mass is 1040 g/mol. The van der Waals surface area contributed by atoms with Gasteiger partial charge in [-0.05, 0) is 117 Å². The van der Waals surface area contributed by atoms with E-state index in [1.165, 1.54) is 24.5 Å². The Morgan fingerprint density at radius 2 is 0.873 bits per heavy atom. The first-order valence-corrected chi connectivity index (χ1v) is 24.4. The van der Waals surface area contributed by atoms with Crippen LogP contribution in [0.15, 0.2) is 213 Å². The molecule has 0 aliphatic rings. The zero-order chi connectivity index (χ0) is 55.0. The van der Waals surface area contributed by atoms with Gasteiger partial charge in [0.15, 0.2) is 0 Å². The topological polar surface area (TPSA) is 246 Å². The van der Waals surface area contributed by atoms with E-state index in [1.54, 1.807) is 30.5 Å². The summed E-state index contributed by atoms with van der Waals surface area (Å²) in [5, 5.41) is 73.8. The summed E-state index contributed by atoms with van der Waals surface area (Å²) in [4.78, 5) is 48.2. The second kappa shape index (κ2) is 19.0. The first kappa shape index (κ1) is 50.4. The lowest BCUT2D eigenvalue weighted by Crippen LogP contribution is -2.52. The first-order chi connectivity index (χ1) is 37.9. The van der Waals surface area contributed by atoms with Gasteiger partial charge in [0.05, 0.1) is 38.3 Å². The maximum Gasteiger partial charge on any atom is 0.347 e. The molecular formula is C61H38B2FN5O10. The number of rotatable bonds is 11. The van der Waals surface area contributed by atoms with Gasteiger partial charge in [0.25, 0.3) is 0 Å². The van der Waals surface area contributed by atoms with Crippen molar-refractivity contribution >= 4 is 59.7 Å². The Morgan fingerprint density at radius 1 is 0.392 bits per heavy atom. The number of hydrogen-bond acceptors (Lipinski definition) is 15. The average Bonchev–Trinajstić information content (AvgIpc) is 3.48. The molecule has 7 heterocycles. The highest BCUT2D eigenvalue weighted by atomic mass is 19.1. The van der Waals surface area contributed by atoms with Crippen LogP contribution in [-0.4, -0.2) is 71.3 Å². The second-order valence-corrected chi connectivity index (χ2v) is 19.0. The van der Waals surface area contributed by atoms with Crippen LogP contribution in [0.2, 0.25) is 0 Å². The molecular weight excluding hydrogens is 1000 g/mol. The first-order valence-electron chi connectivity index (χ1n) is 24.4. The number of pyridine rings is 5. The number of aliphatic hydroxyl groups is 6. The molecule has 0 spiro atoms. The molecule has 0 amide bonds. The van der Waals surface area contributed by atoms with E-state index in [0.29, 0.717) is 33.2 Å². The van der Waals surface area contributed by atoms with Crippen LogP contribution in [0.1, 0.15) is 22.3 Å². The summed E-state index contributed by atoms with van der Waals surface area (Å²) in [5.41, 5.74) is -5.97. The Bertz CT molecular complexity index is 4350. The zero-order valence-corrected chi connectivity index (χ0v) is 41.1. The normalized spacial score (nSPS) is 13.7. The van der Waals surface area contributed by atoms with Crippen molar-refractivity contribution in [3.63, 3.8) is 0 Å². The Kier molecular flexibility index (Phi) is 12.1. The predicted octanol–water partition coefficient (Wildman–Crippen LogP) is 7.96. The van der Waals surface area contributed by atoms with Crippen LogP contribution in [0.4, 0.5) is 4.39 Å². The van der Waals surface area contributed by atoms with Gasteiger partial charge < -0.3 is 39.5 Å². The minimum atomic E-state index is -3.60. The molecule has 7 aromatic heterocycles. The molecule has 0 aliphatic heterocycles. The third-order valence-electron chi connectivity index (χ3n) is 14.2.